The number of nitrogens with zero attached hydrogens (tertiary/aromatic N) is 2. The lowest BCUT2D eigenvalue weighted by molar-refractivity contribution is 0.0903. The second kappa shape index (κ2) is 4.36. The first-order valence-corrected chi connectivity index (χ1v) is 6.88. The lowest BCUT2D eigenvalue weighted by Crippen LogP contribution is -2.50. The first-order valence-electron chi connectivity index (χ1n) is 6.88. The minimum Gasteiger partial charge on any atom is -0.387 e. The van der Waals surface area contributed by atoms with Crippen LogP contribution >= 0.6 is 0 Å². The van der Waals surface area contributed by atoms with Crippen LogP contribution in [0.15, 0.2) is 4.99 Å². The quantitative estimate of drug-likeness (QED) is 0.569. The molecule has 2 bridgehead atoms. The minimum atomic E-state index is 0.517. The Hall–Kier alpha value is -0.570. The van der Waals surface area contributed by atoms with Crippen molar-refractivity contribution in [2.24, 2.45) is 22.6 Å². The van der Waals surface area contributed by atoms with Crippen LogP contribution in [-0.2, 0) is 0 Å². The van der Waals surface area contributed by atoms with E-state index in [0.717, 1.165) is 18.3 Å². The molecule has 1 saturated carbocycles. The van der Waals surface area contributed by atoms with Crippen molar-refractivity contribution in [1.29, 1.82) is 0 Å². The molecule has 3 aliphatic heterocycles. The summed E-state index contributed by atoms with van der Waals surface area (Å²) in [5, 5.41) is 0. The summed E-state index contributed by atoms with van der Waals surface area (Å²) in [5.74, 6) is 2.40. The molecule has 0 amide bonds. The Balaban J connectivity index is 1.66. The van der Waals surface area contributed by atoms with Crippen LogP contribution in [0.2, 0.25) is 0 Å². The third-order valence-corrected chi connectivity index (χ3v) is 4.71. The topological polar surface area (TPSA) is 41.6 Å². The molecule has 16 heavy (non-hydrogen) atoms. The zero-order chi connectivity index (χ0) is 11.0. The Kier molecular flexibility index (Phi) is 2.88. The number of nitrogens with two attached hydrogens (primary N) is 1. The molecule has 0 spiro atoms. The molecule has 1 unspecified atom stereocenters. The van der Waals surface area contributed by atoms with Crippen molar-refractivity contribution in [3.63, 3.8) is 0 Å². The number of hydrogen-bond acceptors (Lipinski definition) is 2. The Morgan fingerprint density at radius 2 is 1.75 bits per heavy atom. The second-order valence-corrected chi connectivity index (χ2v) is 5.74. The second-order valence-electron chi connectivity index (χ2n) is 5.74. The zero-order valence-corrected chi connectivity index (χ0v) is 10.1. The van der Waals surface area contributed by atoms with Crippen molar-refractivity contribution in [1.82, 2.24) is 4.90 Å². The van der Waals surface area contributed by atoms with E-state index in [1.54, 1.807) is 0 Å². The number of aliphatic imine (C=N–C) groups is 1. The largest absolute Gasteiger partial charge is 0.387 e. The lowest BCUT2D eigenvalue weighted by atomic mass is 9.84. The predicted molar refractivity (Wildman–Crippen MR) is 66.5 cm³/mol. The van der Waals surface area contributed by atoms with Gasteiger partial charge in [-0.3, -0.25) is 4.99 Å². The lowest BCUT2D eigenvalue weighted by Gasteiger charge is -2.43. The molecule has 3 heteroatoms. The van der Waals surface area contributed by atoms with Crippen LogP contribution in [0, 0.1) is 11.8 Å². The summed E-state index contributed by atoms with van der Waals surface area (Å²) >= 11 is 0. The summed E-state index contributed by atoms with van der Waals surface area (Å²) in [7, 11) is 0. The van der Waals surface area contributed by atoms with Gasteiger partial charge in [-0.2, -0.15) is 0 Å². The van der Waals surface area contributed by atoms with Gasteiger partial charge in [0.25, 0.3) is 0 Å². The number of piperidine rings is 3. The van der Waals surface area contributed by atoms with Gasteiger partial charge >= 0.3 is 0 Å². The van der Waals surface area contributed by atoms with E-state index in [1.807, 2.05) is 0 Å². The summed E-state index contributed by atoms with van der Waals surface area (Å²) in [6.07, 6.45) is 7.92. The van der Waals surface area contributed by atoms with Crippen LogP contribution in [0.5, 0.6) is 0 Å². The molecule has 4 fully saturated rings. The van der Waals surface area contributed by atoms with Crippen molar-refractivity contribution < 1.29 is 0 Å². The Morgan fingerprint density at radius 3 is 2.31 bits per heavy atom. The van der Waals surface area contributed by atoms with Gasteiger partial charge in [-0.05, 0) is 44.7 Å². The third kappa shape index (κ3) is 1.97. The first-order chi connectivity index (χ1) is 7.83. The average Bonchev–Trinajstić information content (AvgIpc) is 2.84. The molecule has 3 saturated heterocycles. The minimum absolute atomic E-state index is 0.517. The zero-order valence-electron chi connectivity index (χ0n) is 10.1. The van der Waals surface area contributed by atoms with Gasteiger partial charge in [-0.1, -0.05) is 12.8 Å². The number of amidine groups is 1. The van der Waals surface area contributed by atoms with E-state index in [2.05, 4.69) is 4.90 Å². The molecule has 3 heterocycles. The van der Waals surface area contributed by atoms with Crippen molar-refractivity contribution in [3.8, 4) is 0 Å². The molecule has 2 N–H and O–H groups in total. The van der Waals surface area contributed by atoms with Gasteiger partial charge in [0.1, 0.15) is 0 Å². The molecule has 1 aliphatic carbocycles. The highest BCUT2D eigenvalue weighted by molar-refractivity contribution is 5.83. The van der Waals surface area contributed by atoms with Crippen LogP contribution < -0.4 is 5.73 Å². The van der Waals surface area contributed by atoms with Gasteiger partial charge in [0, 0.05) is 12.5 Å². The molecular formula is C13H23N3. The maximum Gasteiger partial charge on any atom is 0.0972 e. The standard InChI is InChI=1S/C13H23N3/c14-13(11-3-1-2-4-11)15-12-9-16-7-5-10(12)6-8-16/h10-12H,1-9H2,(H2,14,15). The van der Waals surface area contributed by atoms with Gasteiger partial charge in [0.15, 0.2) is 0 Å². The molecule has 4 aliphatic rings. The van der Waals surface area contributed by atoms with E-state index in [0.29, 0.717) is 12.0 Å². The monoisotopic (exact) mass is 221 g/mol. The first kappa shape index (κ1) is 10.6. The van der Waals surface area contributed by atoms with E-state index in [9.17, 15) is 0 Å². The van der Waals surface area contributed by atoms with Gasteiger partial charge in [0.2, 0.25) is 0 Å². The number of fused-ring (bicyclic) bond motifs is 3. The Labute approximate surface area is 98.1 Å². The highest BCUT2D eigenvalue weighted by Crippen LogP contribution is 2.31. The van der Waals surface area contributed by atoms with E-state index < -0.39 is 0 Å². The summed E-state index contributed by atoms with van der Waals surface area (Å²) in [4.78, 5) is 7.41. The van der Waals surface area contributed by atoms with Crippen LogP contribution in [0.1, 0.15) is 38.5 Å². The van der Waals surface area contributed by atoms with Crippen molar-refractivity contribution in [2.45, 2.75) is 44.6 Å². The Bertz CT molecular complexity index is 273. The molecule has 4 rings (SSSR count). The van der Waals surface area contributed by atoms with E-state index in [-0.39, 0.29) is 0 Å². The third-order valence-electron chi connectivity index (χ3n) is 4.71. The molecule has 0 aromatic carbocycles. The fourth-order valence-electron chi connectivity index (χ4n) is 3.60. The Morgan fingerprint density at radius 1 is 1.06 bits per heavy atom. The van der Waals surface area contributed by atoms with Crippen molar-refractivity contribution in [2.75, 3.05) is 19.6 Å². The van der Waals surface area contributed by atoms with Gasteiger partial charge in [-0.25, -0.2) is 0 Å². The molecule has 3 nitrogen and oxygen atoms in total. The number of hydrogen-bond donors (Lipinski definition) is 1. The predicted octanol–water partition coefficient (Wildman–Crippen LogP) is 1.63. The summed E-state index contributed by atoms with van der Waals surface area (Å²) in [6.45, 7) is 3.75. The highest BCUT2D eigenvalue weighted by Gasteiger charge is 2.34. The fraction of sp³-hybridized carbons (Fsp3) is 0.923. The smallest absolute Gasteiger partial charge is 0.0972 e. The summed E-state index contributed by atoms with van der Waals surface area (Å²) in [5.41, 5.74) is 6.17. The van der Waals surface area contributed by atoms with Gasteiger partial charge in [0.05, 0.1) is 11.9 Å². The maximum atomic E-state index is 6.17. The average molecular weight is 221 g/mol. The molecule has 0 radical (unpaired) electrons. The summed E-state index contributed by atoms with van der Waals surface area (Å²) < 4.78 is 0. The van der Waals surface area contributed by atoms with Gasteiger partial charge < -0.3 is 10.6 Å². The molecule has 0 aromatic heterocycles. The van der Waals surface area contributed by atoms with Gasteiger partial charge in [-0.15, -0.1) is 0 Å². The van der Waals surface area contributed by atoms with Crippen LogP contribution in [-0.4, -0.2) is 36.4 Å². The SMILES string of the molecule is NC(=NC1CN2CCC1CC2)C1CCCC1. The van der Waals surface area contributed by atoms with E-state index in [4.69, 9.17) is 10.7 Å². The van der Waals surface area contributed by atoms with Crippen LogP contribution in [0.4, 0.5) is 0 Å². The van der Waals surface area contributed by atoms with E-state index in [1.165, 1.54) is 51.6 Å². The van der Waals surface area contributed by atoms with Crippen LogP contribution in [0.3, 0.4) is 0 Å². The highest BCUT2D eigenvalue weighted by atomic mass is 15.2. The number of rotatable bonds is 2. The van der Waals surface area contributed by atoms with E-state index >= 15 is 0 Å². The van der Waals surface area contributed by atoms with Crippen molar-refractivity contribution >= 4 is 5.84 Å². The molecule has 0 aromatic rings. The molecule has 90 valence electrons. The molecular weight excluding hydrogens is 198 g/mol. The maximum absolute atomic E-state index is 6.17. The normalized spacial score (nSPS) is 40.5. The fourth-order valence-corrected chi connectivity index (χ4v) is 3.60. The van der Waals surface area contributed by atoms with Crippen LogP contribution in [0.25, 0.3) is 0 Å². The summed E-state index contributed by atoms with van der Waals surface area (Å²) in [6, 6.07) is 0.517. The molecule has 1 atom stereocenters. The van der Waals surface area contributed by atoms with Crippen molar-refractivity contribution in [3.05, 3.63) is 0 Å².